The van der Waals surface area contributed by atoms with Crippen molar-refractivity contribution >= 4 is 17.4 Å². The number of carbonyl (C=O) groups is 1. The molecule has 0 atom stereocenters. The molecule has 1 fully saturated rings. The molecule has 0 saturated carbocycles. The highest BCUT2D eigenvalue weighted by atomic mass is 16.2. The second-order valence-corrected chi connectivity index (χ2v) is 4.85. The molecular formula is C12H18N4O. The Bertz CT molecular complexity index is 444. The maximum atomic E-state index is 12.2. The van der Waals surface area contributed by atoms with E-state index in [4.69, 9.17) is 5.73 Å². The maximum absolute atomic E-state index is 12.2. The number of anilines is 2. The van der Waals surface area contributed by atoms with Crippen LogP contribution < -0.4 is 10.6 Å². The summed E-state index contributed by atoms with van der Waals surface area (Å²) in [6, 6.07) is 3.74. The Hall–Kier alpha value is -1.78. The van der Waals surface area contributed by atoms with E-state index in [1.807, 2.05) is 37.9 Å². The molecule has 1 amide bonds. The van der Waals surface area contributed by atoms with Crippen LogP contribution in [0, 0.1) is 0 Å². The zero-order valence-electron chi connectivity index (χ0n) is 10.5. The summed E-state index contributed by atoms with van der Waals surface area (Å²) in [4.78, 5) is 20.0. The van der Waals surface area contributed by atoms with Gasteiger partial charge in [0.05, 0.1) is 5.69 Å². The highest BCUT2D eigenvalue weighted by Gasteiger charge is 2.41. The van der Waals surface area contributed by atoms with E-state index in [1.54, 1.807) is 11.1 Å². The molecule has 0 unspecified atom stereocenters. The molecule has 1 saturated heterocycles. The number of likely N-dealkylation sites (N-methyl/N-ethyl adjacent to an activating group) is 1. The summed E-state index contributed by atoms with van der Waals surface area (Å²) in [5.74, 6) is 0.574. The molecule has 0 spiro atoms. The molecule has 92 valence electrons. The smallest absolute Gasteiger partial charge is 0.247 e. The lowest BCUT2D eigenvalue weighted by Crippen LogP contribution is -2.62. The van der Waals surface area contributed by atoms with E-state index in [-0.39, 0.29) is 5.91 Å². The van der Waals surface area contributed by atoms with Crippen molar-refractivity contribution in [1.82, 2.24) is 9.88 Å². The van der Waals surface area contributed by atoms with Crippen LogP contribution in [0.1, 0.15) is 13.8 Å². The van der Waals surface area contributed by atoms with Crippen LogP contribution in [0.2, 0.25) is 0 Å². The van der Waals surface area contributed by atoms with Crippen LogP contribution in [0.5, 0.6) is 0 Å². The van der Waals surface area contributed by atoms with Crippen molar-refractivity contribution in [2.24, 2.45) is 0 Å². The van der Waals surface area contributed by atoms with Crippen LogP contribution in [0.15, 0.2) is 18.3 Å². The van der Waals surface area contributed by atoms with Gasteiger partial charge >= 0.3 is 0 Å². The normalized spacial score (nSPS) is 19.6. The molecular weight excluding hydrogens is 216 g/mol. The molecule has 0 radical (unpaired) electrons. The predicted molar refractivity (Wildman–Crippen MR) is 67.7 cm³/mol. The van der Waals surface area contributed by atoms with Gasteiger partial charge in [0.1, 0.15) is 11.4 Å². The van der Waals surface area contributed by atoms with Gasteiger partial charge in [0, 0.05) is 26.3 Å². The standard InChI is InChI=1S/C12H18N4O/c1-12(2)11(17)15(3)7-8-16(12)9-5-4-6-14-10(9)13/h4-6H,7-8H2,1-3H3,(H2,13,14). The van der Waals surface area contributed by atoms with Gasteiger partial charge in [-0.2, -0.15) is 0 Å². The molecule has 1 aliphatic heterocycles. The maximum Gasteiger partial charge on any atom is 0.247 e. The zero-order chi connectivity index (χ0) is 12.6. The van der Waals surface area contributed by atoms with Crippen molar-refractivity contribution in [3.05, 3.63) is 18.3 Å². The van der Waals surface area contributed by atoms with Crippen LogP contribution in [0.3, 0.4) is 0 Å². The van der Waals surface area contributed by atoms with Gasteiger partial charge in [-0.3, -0.25) is 4.79 Å². The van der Waals surface area contributed by atoms with Crippen molar-refractivity contribution in [3.8, 4) is 0 Å². The minimum atomic E-state index is -0.579. The number of pyridine rings is 1. The van der Waals surface area contributed by atoms with Gasteiger partial charge in [0.2, 0.25) is 5.91 Å². The van der Waals surface area contributed by atoms with Gasteiger partial charge in [0.25, 0.3) is 0 Å². The minimum absolute atomic E-state index is 0.104. The fourth-order valence-corrected chi connectivity index (χ4v) is 2.27. The number of aromatic nitrogens is 1. The third-order valence-electron chi connectivity index (χ3n) is 3.31. The number of nitrogen functional groups attached to an aromatic ring is 1. The predicted octanol–water partition coefficient (Wildman–Crippen LogP) is 0.721. The molecule has 1 aromatic heterocycles. The third kappa shape index (κ3) is 1.81. The fourth-order valence-electron chi connectivity index (χ4n) is 2.27. The number of nitrogens with zero attached hydrogens (tertiary/aromatic N) is 3. The number of amides is 1. The quantitative estimate of drug-likeness (QED) is 0.777. The second kappa shape index (κ2) is 3.91. The molecule has 0 aliphatic carbocycles. The first-order chi connectivity index (χ1) is 7.94. The number of hydrogen-bond acceptors (Lipinski definition) is 4. The van der Waals surface area contributed by atoms with E-state index in [2.05, 4.69) is 4.98 Å². The Kier molecular flexibility index (Phi) is 2.69. The summed E-state index contributed by atoms with van der Waals surface area (Å²) < 4.78 is 0. The number of rotatable bonds is 1. The van der Waals surface area contributed by atoms with Gasteiger partial charge in [-0.15, -0.1) is 0 Å². The number of nitrogens with two attached hydrogens (primary N) is 1. The van der Waals surface area contributed by atoms with Crippen molar-refractivity contribution < 1.29 is 4.79 Å². The van der Waals surface area contributed by atoms with Gasteiger partial charge in [0.15, 0.2) is 0 Å². The Morgan fingerprint density at radius 1 is 1.41 bits per heavy atom. The van der Waals surface area contributed by atoms with Crippen molar-refractivity contribution in [1.29, 1.82) is 0 Å². The Labute approximate surface area is 101 Å². The molecule has 0 aromatic carbocycles. The van der Waals surface area contributed by atoms with E-state index >= 15 is 0 Å². The largest absolute Gasteiger partial charge is 0.382 e. The topological polar surface area (TPSA) is 62.5 Å². The molecule has 2 heterocycles. The van der Waals surface area contributed by atoms with E-state index < -0.39 is 5.54 Å². The summed E-state index contributed by atoms with van der Waals surface area (Å²) in [6.45, 7) is 5.30. The monoisotopic (exact) mass is 234 g/mol. The number of hydrogen-bond donors (Lipinski definition) is 1. The molecule has 5 heteroatoms. The van der Waals surface area contributed by atoms with E-state index in [1.165, 1.54) is 0 Å². The Morgan fingerprint density at radius 2 is 2.12 bits per heavy atom. The molecule has 2 rings (SSSR count). The van der Waals surface area contributed by atoms with E-state index in [0.29, 0.717) is 12.4 Å². The Balaban J connectivity index is 2.40. The van der Waals surface area contributed by atoms with Gasteiger partial charge in [-0.1, -0.05) is 0 Å². The summed E-state index contributed by atoms with van der Waals surface area (Å²) in [5.41, 5.74) is 6.13. The zero-order valence-corrected chi connectivity index (χ0v) is 10.5. The lowest BCUT2D eigenvalue weighted by Gasteiger charge is -2.46. The first kappa shape index (κ1) is 11.7. The van der Waals surface area contributed by atoms with Gasteiger partial charge in [-0.05, 0) is 26.0 Å². The second-order valence-electron chi connectivity index (χ2n) is 4.85. The van der Waals surface area contributed by atoms with Crippen molar-refractivity contribution in [3.63, 3.8) is 0 Å². The molecule has 5 nitrogen and oxygen atoms in total. The minimum Gasteiger partial charge on any atom is -0.382 e. The first-order valence-electron chi connectivity index (χ1n) is 5.68. The Morgan fingerprint density at radius 3 is 2.76 bits per heavy atom. The summed E-state index contributed by atoms with van der Waals surface area (Å²) in [6.07, 6.45) is 1.66. The lowest BCUT2D eigenvalue weighted by atomic mass is 9.97. The van der Waals surface area contributed by atoms with Crippen LogP contribution >= 0.6 is 0 Å². The highest BCUT2D eigenvalue weighted by Crippen LogP contribution is 2.31. The third-order valence-corrected chi connectivity index (χ3v) is 3.31. The number of piperazine rings is 1. The van der Waals surface area contributed by atoms with Crippen molar-refractivity contribution in [2.75, 3.05) is 30.8 Å². The van der Waals surface area contributed by atoms with Crippen LogP contribution in [0.25, 0.3) is 0 Å². The first-order valence-corrected chi connectivity index (χ1v) is 5.68. The average Bonchev–Trinajstić information content (AvgIpc) is 2.28. The lowest BCUT2D eigenvalue weighted by molar-refractivity contribution is -0.136. The summed E-state index contributed by atoms with van der Waals surface area (Å²) >= 11 is 0. The SMILES string of the molecule is CN1CCN(c2cccnc2N)C(C)(C)C1=O. The van der Waals surface area contributed by atoms with E-state index in [0.717, 1.165) is 12.2 Å². The molecule has 1 aliphatic rings. The van der Waals surface area contributed by atoms with E-state index in [9.17, 15) is 4.79 Å². The molecule has 2 N–H and O–H groups in total. The molecule has 17 heavy (non-hydrogen) atoms. The molecule has 0 bridgehead atoms. The summed E-state index contributed by atoms with van der Waals surface area (Å²) in [5, 5.41) is 0. The summed E-state index contributed by atoms with van der Waals surface area (Å²) in [7, 11) is 1.83. The van der Waals surface area contributed by atoms with Crippen molar-refractivity contribution in [2.45, 2.75) is 19.4 Å². The highest BCUT2D eigenvalue weighted by molar-refractivity contribution is 5.91. The molecule has 1 aromatic rings. The van der Waals surface area contributed by atoms with Crippen LogP contribution in [0.4, 0.5) is 11.5 Å². The van der Waals surface area contributed by atoms with Gasteiger partial charge in [-0.25, -0.2) is 4.98 Å². The fraction of sp³-hybridized carbons (Fsp3) is 0.500. The number of carbonyl (C=O) groups excluding carboxylic acids is 1. The van der Waals surface area contributed by atoms with Crippen LogP contribution in [-0.4, -0.2) is 41.5 Å². The van der Waals surface area contributed by atoms with Crippen LogP contribution in [-0.2, 0) is 4.79 Å². The van der Waals surface area contributed by atoms with Gasteiger partial charge < -0.3 is 15.5 Å². The average molecular weight is 234 g/mol.